The lowest BCUT2D eigenvalue weighted by molar-refractivity contribution is 0.0589. The Labute approximate surface area is 84.9 Å². The van der Waals surface area contributed by atoms with E-state index in [0.717, 1.165) is 10.8 Å². The Hall–Kier alpha value is -1.08. The zero-order chi connectivity index (χ0) is 10.9. The van der Waals surface area contributed by atoms with Crippen molar-refractivity contribution >= 4 is 25.7 Å². The number of hydrogen-bond donors (Lipinski definition) is 0. The lowest BCUT2D eigenvalue weighted by Gasteiger charge is -2.00. The van der Waals surface area contributed by atoms with E-state index in [1.54, 1.807) is 0 Å². The van der Waals surface area contributed by atoms with Crippen molar-refractivity contribution in [2.45, 2.75) is 5.16 Å². The molecule has 0 amide bonds. The Morgan fingerprint density at radius 1 is 1.64 bits per heavy atom. The van der Waals surface area contributed by atoms with Gasteiger partial charge in [-0.05, 0) is 0 Å². The number of rotatable bonds is 2. The highest BCUT2D eigenvalue weighted by atomic mass is 35.7. The average molecular weight is 239 g/mol. The van der Waals surface area contributed by atoms with Crippen molar-refractivity contribution in [3.05, 3.63) is 11.9 Å². The Morgan fingerprint density at radius 3 is 2.57 bits per heavy atom. The predicted molar refractivity (Wildman–Crippen MR) is 47.6 cm³/mol. The number of ether oxygens (including phenoxy) is 1. The third-order valence-corrected chi connectivity index (χ3v) is 2.79. The normalized spacial score (nSPS) is 11.4. The highest BCUT2D eigenvalue weighted by Crippen LogP contribution is 2.14. The molecule has 14 heavy (non-hydrogen) atoms. The van der Waals surface area contributed by atoms with Gasteiger partial charge < -0.3 is 9.30 Å². The number of carbonyl (C=O) groups is 1. The highest BCUT2D eigenvalue weighted by Gasteiger charge is 2.21. The van der Waals surface area contributed by atoms with E-state index in [4.69, 9.17) is 10.7 Å². The van der Waals surface area contributed by atoms with E-state index in [2.05, 4.69) is 9.72 Å². The van der Waals surface area contributed by atoms with Gasteiger partial charge in [0.1, 0.15) is 5.69 Å². The molecule has 0 unspecified atom stereocenters. The first kappa shape index (κ1) is 11.0. The molecule has 78 valence electrons. The summed E-state index contributed by atoms with van der Waals surface area (Å²) in [6.45, 7) is 0. The molecule has 0 bridgehead atoms. The fraction of sp³-hybridized carbons (Fsp3) is 0.333. The van der Waals surface area contributed by atoms with Crippen LogP contribution >= 0.6 is 10.7 Å². The highest BCUT2D eigenvalue weighted by molar-refractivity contribution is 8.13. The van der Waals surface area contributed by atoms with Crippen LogP contribution in [-0.4, -0.2) is 31.0 Å². The van der Waals surface area contributed by atoms with Gasteiger partial charge in [0.25, 0.3) is 9.05 Å². The van der Waals surface area contributed by atoms with E-state index in [1.807, 2.05) is 0 Å². The molecule has 0 aliphatic rings. The summed E-state index contributed by atoms with van der Waals surface area (Å²) in [5, 5.41) is -0.389. The van der Waals surface area contributed by atoms with Crippen LogP contribution in [0.5, 0.6) is 0 Å². The average Bonchev–Trinajstić information content (AvgIpc) is 2.45. The topological polar surface area (TPSA) is 78.3 Å². The van der Waals surface area contributed by atoms with Gasteiger partial charge in [-0.2, -0.15) is 0 Å². The Kier molecular flexibility index (Phi) is 2.81. The van der Waals surface area contributed by atoms with Crippen LogP contribution in [0, 0.1) is 0 Å². The zero-order valence-corrected chi connectivity index (χ0v) is 8.96. The largest absolute Gasteiger partial charge is 0.464 e. The molecule has 0 spiro atoms. The number of hydrogen-bond acceptors (Lipinski definition) is 5. The third kappa shape index (κ3) is 1.88. The van der Waals surface area contributed by atoms with E-state index in [9.17, 15) is 13.2 Å². The number of imidazole rings is 1. The van der Waals surface area contributed by atoms with E-state index in [-0.39, 0.29) is 10.9 Å². The molecule has 6 nitrogen and oxygen atoms in total. The molecule has 1 heterocycles. The van der Waals surface area contributed by atoms with Crippen LogP contribution < -0.4 is 0 Å². The third-order valence-electron chi connectivity index (χ3n) is 1.56. The summed E-state index contributed by atoms with van der Waals surface area (Å²) in [6.07, 6.45) is 1.08. The standard InChI is InChI=1S/C6H7ClN2O4S/c1-9-4(5(10)13-2)3-8-6(9)14(7,11)12/h3H,1-2H3. The van der Waals surface area contributed by atoms with E-state index in [0.29, 0.717) is 0 Å². The fourth-order valence-corrected chi connectivity index (χ4v) is 1.95. The molecule has 0 aliphatic carbocycles. The summed E-state index contributed by atoms with van der Waals surface area (Å²) in [6, 6.07) is 0. The van der Waals surface area contributed by atoms with Crippen molar-refractivity contribution in [1.29, 1.82) is 0 Å². The number of esters is 1. The maximum atomic E-state index is 11.1. The SMILES string of the molecule is COC(=O)c1cnc(S(=O)(=O)Cl)n1C. The Bertz CT molecular complexity index is 464. The summed E-state index contributed by atoms with van der Waals surface area (Å²) in [7, 11) is 3.66. The van der Waals surface area contributed by atoms with Crippen LogP contribution in [0.2, 0.25) is 0 Å². The van der Waals surface area contributed by atoms with Gasteiger partial charge in [0.05, 0.1) is 13.3 Å². The first-order valence-corrected chi connectivity index (χ1v) is 5.73. The summed E-state index contributed by atoms with van der Waals surface area (Å²) in [5.74, 6) is -0.674. The molecule has 1 aromatic rings. The molecular formula is C6H7ClN2O4S. The smallest absolute Gasteiger partial charge is 0.356 e. The summed E-state index contributed by atoms with van der Waals surface area (Å²) in [5.41, 5.74) is 0.0201. The minimum atomic E-state index is -3.94. The predicted octanol–water partition coefficient (Wildman–Crippen LogP) is 0.134. The van der Waals surface area contributed by atoms with Crippen LogP contribution in [0.15, 0.2) is 11.4 Å². The molecule has 0 fully saturated rings. The quantitative estimate of drug-likeness (QED) is 0.541. The van der Waals surface area contributed by atoms with Gasteiger partial charge in [-0.15, -0.1) is 0 Å². The molecule has 0 atom stereocenters. The van der Waals surface area contributed by atoms with Gasteiger partial charge in [-0.3, -0.25) is 0 Å². The molecule has 0 aliphatic heterocycles. The lowest BCUT2D eigenvalue weighted by Crippen LogP contribution is -2.10. The van der Waals surface area contributed by atoms with Crippen molar-refractivity contribution in [2.24, 2.45) is 7.05 Å². The molecule has 0 aromatic carbocycles. The minimum Gasteiger partial charge on any atom is -0.464 e. The molecule has 1 aromatic heterocycles. The second kappa shape index (κ2) is 3.58. The van der Waals surface area contributed by atoms with Crippen LogP contribution in [0.25, 0.3) is 0 Å². The molecule has 1 rings (SSSR count). The van der Waals surface area contributed by atoms with Crippen LogP contribution in [0.3, 0.4) is 0 Å². The lowest BCUT2D eigenvalue weighted by atomic mass is 10.5. The molecule has 0 N–H and O–H groups in total. The van der Waals surface area contributed by atoms with Gasteiger partial charge in [0, 0.05) is 17.7 Å². The Morgan fingerprint density at radius 2 is 2.21 bits per heavy atom. The first-order chi connectivity index (χ1) is 6.38. The van der Waals surface area contributed by atoms with Crippen molar-refractivity contribution < 1.29 is 17.9 Å². The van der Waals surface area contributed by atoms with Crippen LogP contribution in [0.4, 0.5) is 0 Å². The van der Waals surface area contributed by atoms with Crippen molar-refractivity contribution in [3.8, 4) is 0 Å². The fourth-order valence-electron chi connectivity index (χ4n) is 0.913. The van der Waals surface area contributed by atoms with E-state index >= 15 is 0 Å². The minimum absolute atomic E-state index is 0.0201. The second-order valence-electron chi connectivity index (χ2n) is 2.41. The number of methoxy groups -OCH3 is 1. The van der Waals surface area contributed by atoms with Crippen LogP contribution in [0.1, 0.15) is 10.5 Å². The van der Waals surface area contributed by atoms with Gasteiger partial charge in [-0.1, -0.05) is 0 Å². The van der Waals surface area contributed by atoms with Crippen molar-refractivity contribution in [3.63, 3.8) is 0 Å². The van der Waals surface area contributed by atoms with Gasteiger partial charge >= 0.3 is 5.97 Å². The first-order valence-electron chi connectivity index (χ1n) is 3.42. The maximum Gasteiger partial charge on any atom is 0.356 e. The summed E-state index contributed by atoms with van der Waals surface area (Å²) in [4.78, 5) is 14.6. The summed E-state index contributed by atoms with van der Waals surface area (Å²) >= 11 is 0. The van der Waals surface area contributed by atoms with Gasteiger partial charge in [-0.25, -0.2) is 18.2 Å². The van der Waals surface area contributed by atoms with E-state index in [1.165, 1.54) is 14.2 Å². The maximum absolute atomic E-state index is 11.1. The second-order valence-corrected chi connectivity index (χ2v) is 4.87. The zero-order valence-electron chi connectivity index (χ0n) is 7.39. The molecule has 0 saturated carbocycles. The summed E-state index contributed by atoms with van der Waals surface area (Å²) < 4.78 is 27.3. The van der Waals surface area contributed by atoms with Crippen LogP contribution in [-0.2, 0) is 20.8 Å². The Balaban J connectivity index is 3.29. The molecule has 8 heteroatoms. The molecule has 0 saturated heterocycles. The van der Waals surface area contributed by atoms with Crippen molar-refractivity contribution in [2.75, 3.05) is 7.11 Å². The van der Waals surface area contributed by atoms with Crippen molar-refractivity contribution in [1.82, 2.24) is 9.55 Å². The van der Waals surface area contributed by atoms with Gasteiger partial charge in [0.2, 0.25) is 5.16 Å². The van der Waals surface area contributed by atoms with E-state index < -0.39 is 15.0 Å². The monoisotopic (exact) mass is 238 g/mol. The number of nitrogens with zero attached hydrogens (tertiary/aromatic N) is 2. The number of aromatic nitrogens is 2. The number of carbonyl (C=O) groups excluding carboxylic acids is 1. The molecule has 0 radical (unpaired) electrons. The van der Waals surface area contributed by atoms with Gasteiger partial charge in [0.15, 0.2) is 0 Å². The number of halogens is 1. The molecular weight excluding hydrogens is 232 g/mol.